The largest absolute Gasteiger partial charge is 0.478 e. The van der Waals surface area contributed by atoms with Gasteiger partial charge in [0.05, 0.1) is 12.2 Å². The molecule has 22 heavy (non-hydrogen) atoms. The Labute approximate surface area is 127 Å². The molecule has 0 saturated carbocycles. The fourth-order valence-electron chi connectivity index (χ4n) is 1.81. The van der Waals surface area contributed by atoms with Crippen LogP contribution in [0, 0.1) is 0 Å². The fourth-order valence-corrected chi connectivity index (χ4v) is 1.81. The van der Waals surface area contributed by atoms with Crippen LogP contribution in [-0.2, 0) is 17.9 Å². The third kappa shape index (κ3) is 4.20. The number of carboxylic acid groups (broad SMARTS) is 1. The van der Waals surface area contributed by atoms with Gasteiger partial charge >= 0.3 is 5.97 Å². The standard InChI is InChI=1S/C16H17NO5/c1-2-21-9-12-5-3-11(4-6-12)8-17-15(18)14-7-13(10-22-14)16(19)20/h3-7,10H,2,8-9H2,1H3,(H,17,18)(H,19,20). The third-order valence-corrected chi connectivity index (χ3v) is 3.02. The normalized spacial score (nSPS) is 10.4. The van der Waals surface area contributed by atoms with E-state index in [9.17, 15) is 9.59 Å². The minimum Gasteiger partial charge on any atom is -0.478 e. The number of furan rings is 1. The summed E-state index contributed by atoms with van der Waals surface area (Å²) in [6.07, 6.45) is 1.04. The van der Waals surface area contributed by atoms with Gasteiger partial charge in [-0.2, -0.15) is 0 Å². The zero-order valence-corrected chi connectivity index (χ0v) is 12.2. The van der Waals surface area contributed by atoms with Crippen molar-refractivity contribution >= 4 is 11.9 Å². The number of rotatable bonds is 7. The molecule has 2 aromatic rings. The molecule has 1 heterocycles. The highest BCUT2D eigenvalue weighted by atomic mass is 16.5. The number of nitrogens with one attached hydrogen (secondary N) is 1. The Morgan fingerprint density at radius 3 is 2.50 bits per heavy atom. The zero-order chi connectivity index (χ0) is 15.9. The van der Waals surface area contributed by atoms with Gasteiger partial charge in [0.15, 0.2) is 5.76 Å². The summed E-state index contributed by atoms with van der Waals surface area (Å²) in [5.74, 6) is -1.61. The van der Waals surface area contributed by atoms with Crippen molar-refractivity contribution < 1.29 is 23.8 Å². The van der Waals surface area contributed by atoms with Crippen molar-refractivity contribution in [1.29, 1.82) is 0 Å². The van der Waals surface area contributed by atoms with E-state index in [0.717, 1.165) is 17.4 Å². The Balaban J connectivity index is 1.88. The number of ether oxygens (including phenoxy) is 1. The maximum atomic E-state index is 11.8. The highest BCUT2D eigenvalue weighted by Gasteiger charge is 2.14. The van der Waals surface area contributed by atoms with Gasteiger partial charge in [-0.3, -0.25) is 4.79 Å². The second-order valence-electron chi connectivity index (χ2n) is 4.64. The zero-order valence-electron chi connectivity index (χ0n) is 12.2. The maximum Gasteiger partial charge on any atom is 0.338 e. The molecule has 0 unspecified atom stereocenters. The number of hydrogen-bond acceptors (Lipinski definition) is 4. The predicted octanol–water partition coefficient (Wildman–Crippen LogP) is 2.44. The van der Waals surface area contributed by atoms with Crippen molar-refractivity contribution in [2.24, 2.45) is 0 Å². The molecule has 0 aliphatic carbocycles. The fraction of sp³-hybridized carbons (Fsp3) is 0.250. The molecule has 0 atom stereocenters. The molecule has 0 aliphatic rings. The van der Waals surface area contributed by atoms with Gasteiger partial charge in [-0.05, 0) is 18.1 Å². The molecular weight excluding hydrogens is 286 g/mol. The Morgan fingerprint density at radius 2 is 1.91 bits per heavy atom. The second-order valence-corrected chi connectivity index (χ2v) is 4.64. The lowest BCUT2D eigenvalue weighted by Gasteiger charge is -2.05. The van der Waals surface area contributed by atoms with Gasteiger partial charge in [-0.25, -0.2) is 4.79 Å². The van der Waals surface area contributed by atoms with Crippen LogP contribution in [0.2, 0.25) is 0 Å². The van der Waals surface area contributed by atoms with Crippen LogP contribution in [0.4, 0.5) is 0 Å². The van der Waals surface area contributed by atoms with E-state index in [4.69, 9.17) is 14.3 Å². The molecule has 0 fully saturated rings. The molecule has 1 amide bonds. The van der Waals surface area contributed by atoms with Crippen molar-refractivity contribution in [2.45, 2.75) is 20.1 Å². The first kappa shape index (κ1) is 15.8. The van der Waals surface area contributed by atoms with E-state index >= 15 is 0 Å². The summed E-state index contributed by atoms with van der Waals surface area (Å²) in [7, 11) is 0. The van der Waals surface area contributed by atoms with Crippen LogP contribution < -0.4 is 5.32 Å². The summed E-state index contributed by atoms with van der Waals surface area (Å²) in [4.78, 5) is 22.6. The van der Waals surface area contributed by atoms with Crippen molar-refractivity contribution in [2.75, 3.05) is 6.61 Å². The van der Waals surface area contributed by atoms with Crippen LogP contribution in [0.1, 0.15) is 39.0 Å². The minimum absolute atomic E-state index is 0.0228. The Hall–Kier alpha value is -2.60. The van der Waals surface area contributed by atoms with Crippen molar-refractivity contribution in [3.63, 3.8) is 0 Å². The summed E-state index contributed by atoms with van der Waals surface area (Å²) >= 11 is 0. The van der Waals surface area contributed by atoms with E-state index in [1.54, 1.807) is 0 Å². The molecule has 0 bridgehead atoms. The number of benzene rings is 1. The first-order valence-electron chi connectivity index (χ1n) is 6.85. The topological polar surface area (TPSA) is 88.8 Å². The quantitative estimate of drug-likeness (QED) is 0.820. The number of hydrogen-bond donors (Lipinski definition) is 2. The number of aromatic carboxylic acids is 1. The average Bonchev–Trinajstić information content (AvgIpc) is 3.02. The minimum atomic E-state index is -1.13. The number of carbonyl (C=O) groups is 2. The van der Waals surface area contributed by atoms with Crippen molar-refractivity contribution in [3.8, 4) is 0 Å². The van der Waals surface area contributed by atoms with Gasteiger partial charge in [0, 0.05) is 19.2 Å². The third-order valence-electron chi connectivity index (χ3n) is 3.02. The van der Waals surface area contributed by atoms with Gasteiger partial charge in [-0.1, -0.05) is 24.3 Å². The lowest BCUT2D eigenvalue weighted by Crippen LogP contribution is -2.22. The van der Waals surface area contributed by atoms with Crippen LogP contribution >= 0.6 is 0 Å². The first-order valence-corrected chi connectivity index (χ1v) is 6.85. The molecular formula is C16H17NO5. The van der Waals surface area contributed by atoms with E-state index in [1.807, 2.05) is 31.2 Å². The summed E-state index contributed by atoms with van der Waals surface area (Å²) < 4.78 is 10.2. The van der Waals surface area contributed by atoms with Crippen LogP contribution in [0.5, 0.6) is 0 Å². The van der Waals surface area contributed by atoms with E-state index in [-0.39, 0.29) is 11.3 Å². The Morgan fingerprint density at radius 1 is 1.23 bits per heavy atom. The molecule has 2 N–H and O–H groups in total. The van der Waals surface area contributed by atoms with Crippen LogP contribution in [0.15, 0.2) is 41.0 Å². The predicted molar refractivity (Wildman–Crippen MR) is 78.6 cm³/mol. The molecule has 0 radical (unpaired) electrons. The number of carbonyl (C=O) groups excluding carboxylic acids is 1. The van der Waals surface area contributed by atoms with Gasteiger partial charge in [-0.15, -0.1) is 0 Å². The Kier molecular flexibility index (Phi) is 5.32. The van der Waals surface area contributed by atoms with Crippen LogP contribution in [-0.4, -0.2) is 23.6 Å². The van der Waals surface area contributed by atoms with Crippen molar-refractivity contribution in [1.82, 2.24) is 5.32 Å². The van der Waals surface area contributed by atoms with Gasteiger partial charge < -0.3 is 19.6 Å². The molecule has 6 nitrogen and oxygen atoms in total. The number of amides is 1. The molecule has 6 heteroatoms. The Bertz CT molecular complexity index is 645. The lowest BCUT2D eigenvalue weighted by atomic mass is 10.1. The summed E-state index contributed by atoms with van der Waals surface area (Å²) in [5.41, 5.74) is 1.94. The molecule has 0 saturated heterocycles. The van der Waals surface area contributed by atoms with Crippen LogP contribution in [0.3, 0.4) is 0 Å². The van der Waals surface area contributed by atoms with E-state index < -0.39 is 11.9 Å². The second kappa shape index (κ2) is 7.42. The first-order chi connectivity index (χ1) is 10.6. The molecule has 1 aromatic heterocycles. The SMILES string of the molecule is CCOCc1ccc(CNC(=O)c2cc(C(=O)O)co2)cc1. The van der Waals surface area contributed by atoms with E-state index in [0.29, 0.717) is 19.8 Å². The molecule has 2 rings (SSSR count). The van der Waals surface area contributed by atoms with Crippen molar-refractivity contribution in [3.05, 3.63) is 59.0 Å². The maximum absolute atomic E-state index is 11.8. The molecule has 116 valence electrons. The summed E-state index contributed by atoms with van der Waals surface area (Å²) in [5, 5.41) is 11.4. The highest BCUT2D eigenvalue weighted by Crippen LogP contribution is 2.09. The average molecular weight is 303 g/mol. The summed E-state index contributed by atoms with van der Waals surface area (Å²) in [6, 6.07) is 8.88. The summed E-state index contributed by atoms with van der Waals surface area (Å²) in [6.45, 7) is 3.50. The lowest BCUT2D eigenvalue weighted by molar-refractivity contribution is 0.0696. The molecule has 0 spiro atoms. The van der Waals surface area contributed by atoms with E-state index in [1.165, 1.54) is 6.07 Å². The molecule has 0 aliphatic heterocycles. The highest BCUT2D eigenvalue weighted by molar-refractivity contribution is 5.95. The van der Waals surface area contributed by atoms with Crippen LogP contribution in [0.25, 0.3) is 0 Å². The smallest absolute Gasteiger partial charge is 0.338 e. The number of carboxylic acids is 1. The molecule has 1 aromatic carbocycles. The van der Waals surface area contributed by atoms with Gasteiger partial charge in [0.2, 0.25) is 0 Å². The van der Waals surface area contributed by atoms with Gasteiger partial charge in [0.1, 0.15) is 6.26 Å². The van der Waals surface area contributed by atoms with E-state index in [2.05, 4.69) is 5.32 Å². The monoisotopic (exact) mass is 303 g/mol. The van der Waals surface area contributed by atoms with Gasteiger partial charge in [0.25, 0.3) is 5.91 Å².